The van der Waals surface area contributed by atoms with E-state index in [0.717, 1.165) is 11.5 Å². The minimum absolute atomic E-state index is 0.0647. The van der Waals surface area contributed by atoms with Crippen molar-refractivity contribution in [1.29, 1.82) is 0 Å². The molecular weight excluding hydrogens is 633 g/mol. The summed E-state index contributed by atoms with van der Waals surface area (Å²) in [6.07, 6.45) is 8.49. The predicted octanol–water partition coefficient (Wildman–Crippen LogP) is 10.0. The van der Waals surface area contributed by atoms with Crippen LogP contribution in [0.2, 0.25) is 0 Å². The Balaban J connectivity index is 1.50. The van der Waals surface area contributed by atoms with E-state index in [1.807, 2.05) is 0 Å². The number of aromatic nitrogens is 4. The molecule has 0 saturated carbocycles. The molecule has 4 nitrogen and oxygen atoms in total. The molecule has 4 heteroatoms. The minimum Gasteiger partial charge on any atom is -0.225 e. The van der Waals surface area contributed by atoms with Crippen molar-refractivity contribution in [3.8, 4) is 39.3 Å². The van der Waals surface area contributed by atoms with Gasteiger partial charge in [-0.2, -0.15) is 4.57 Å². The quantitative estimate of drug-likeness (QED) is 0.130. The number of pyridine rings is 2. The van der Waals surface area contributed by atoms with Crippen LogP contribution in [-0.2, 0) is 32.0 Å². The van der Waals surface area contributed by atoms with Gasteiger partial charge in [-0.15, -0.1) is 0 Å². The zero-order valence-electron chi connectivity index (χ0n) is 32.0. The molecule has 0 amide bonds. The van der Waals surface area contributed by atoms with Crippen LogP contribution in [0, 0.1) is 0 Å². The molecule has 8 rings (SSSR count). The molecule has 0 spiro atoms. The fourth-order valence-corrected chi connectivity index (χ4v) is 7.68. The van der Waals surface area contributed by atoms with Crippen molar-refractivity contribution in [2.24, 2.45) is 21.1 Å². The highest BCUT2D eigenvalue weighted by Crippen LogP contribution is 2.41. The second-order valence-electron chi connectivity index (χ2n) is 16.6. The van der Waals surface area contributed by atoms with E-state index in [1.54, 1.807) is 0 Å². The van der Waals surface area contributed by atoms with Gasteiger partial charge in [-0.05, 0) is 104 Å². The minimum atomic E-state index is 0.0647. The zero-order valence-corrected chi connectivity index (χ0v) is 32.0. The Labute approximate surface area is 307 Å². The van der Waals surface area contributed by atoms with E-state index < -0.39 is 0 Å². The third-order valence-electron chi connectivity index (χ3n) is 10.8. The van der Waals surface area contributed by atoms with Crippen molar-refractivity contribution in [2.75, 3.05) is 0 Å². The number of nitrogens with zero attached hydrogens (tertiary/aromatic N) is 4. The number of benzene rings is 5. The number of fused-ring (bicyclic) bond motifs is 6. The first-order chi connectivity index (χ1) is 24.8. The Morgan fingerprint density at radius 1 is 0.423 bits per heavy atom. The Kier molecular flexibility index (Phi) is 7.91. The van der Waals surface area contributed by atoms with Crippen LogP contribution in [0.25, 0.3) is 71.9 Å². The molecule has 0 aliphatic rings. The van der Waals surface area contributed by atoms with Gasteiger partial charge in [0, 0.05) is 35.0 Å². The summed E-state index contributed by atoms with van der Waals surface area (Å²) in [5.74, 6) is 1.16. The monoisotopic (exact) mass is 681 g/mol. The van der Waals surface area contributed by atoms with Gasteiger partial charge < -0.3 is 0 Å². The van der Waals surface area contributed by atoms with Crippen LogP contribution in [0.3, 0.4) is 0 Å². The van der Waals surface area contributed by atoms with Crippen LogP contribution in [0.4, 0.5) is 0 Å². The predicted molar refractivity (Wildman–Crippen MR) is 216 cm³/mol. The summed E-state index contributed by atoms with van der Waals surface area (Å²) < 4.78 is 9.10. The first kappa shape index (κ1) is 33.5. The topological polar surface area (TPSA) is 16.6 Å². The molecule has 0 radical (unpaired) electrons. The fourth-order valence-electron chi connectivity index (χ4n) is 7.68. The molecule has 0 saturated heterocycles. The highest BCUT2D eigenvalue weighted by molar-refractivity contribution is 6.24. The maximum Gasteiger partial charge on any atom is 0.294 e. The molecule has 0 bridgehead atoms. The Morgan fingerprint density at radius 3 is 1.33 bits per heavy atom. The van der Waals surface area contributed by atoms with E-state index in [0.29, 0.717) is 0 Å². The Bertz CT molecular complexity index is 2610. The highest BCUT2D eigenvalue weighted by atomic mass is 15.2. The first-order valence-electron chi connectivity index (χ1n) is 18.3. The van der Waals surface area contributed by atoms with Crippen molar-refractivity contribution in [1.82, 2.24) is 4.57 Å². The fraction of sp³-hybridized carbons (Fsp3) is 0.229. The summed E-state index contributed by atoms with van der Waals surface area (Å²) in [4.78, 5) is 0. The van der Waals surface area contributed by atoms with Crippen molar-refractivity contribution in [2.45, 2.75) is 52.4 Å². The van der Waals surface area contributed by atoms with Crippen molar-refractivity contribution < 1.29 is 13.7 Å². The molecule has 3 heterocycles. The highest BCUT2D eigenvalue weighted by Gasteiger charge is 2.31. The summed E-state index contributed by atoms with van der Waals surface area (Å²) in [6, 6.07) is 41.3. The van der Waals surface area contributed by atoms with Crippen LogP contribution in [-0.4, -0.2) is 4.57 Å². The molecule has 52 heavy (non-hydrogen) atoms. The summed E-state index contributed by atoms with van der Waals surface area (Å²) >= 11 is 0. The van der Waals surface area contributed by atoms with Gasteiger partial charge >= 0.3 is 0 Å². The third kappa shape index (κ3) is 5.77. The lowest BCUT2D eigenvalue weighted by Crippen LogP contribution is -2.30. The Morgan fingerprint density at radius 2 is 0.846 bits per heavy atom. The largest absolute Gasteiger partial charge is 0.294 e. The van der Waals surface area contributed by atoms with E-state index >= 15 is 0 Å². The summed E-state index contributed by atoms with van der Waals surface area (Å²) in [5, 5.41) is 4.97. The van der Waals surface area contributed by atoms with Gasteiger partial charge in [-0.1, -0.05) is 77.9 Å². The molecule has 258 valence electrons. The molecule has 3 aromatic heterocycles. The normalized spacial score (nSPS) is 12.3. The second-order valence-corrected chi connectivity index (χ2v) is 16.6. The number of aryl methyl sites for hydroxylation is 3. The number of rotatable bonds is 4. The van der Waals surface area contributed by atoms with Crippen LogP contribution in [0.15, 0.2) is 134 Å². The molecule has 0 atom stereocenters. The number of hydrogen-bond donors (Lipinski definition) is 0. The molecule has 0 N–H and O–H groups in total. The molecular formula is C48H49N4+3. The van der Waals surface area contributed by atoms with E-state index in [-0.39, 0.29) is 10.8 Å². The van der Waals surface area contributed by atoms with Crippen molar-refractivity contribution in [3.63, 3.8) is 0 Å². The zero-order chi connectivity index (χ0) is 36.5. The van der Waals surface area contributed by atoms with Crippen LogP contribution < -0.4 is 13.7 Å². The lowest BCUT2D eigenvalue weighted by molar-refractivity contribution is -0.671. The van der Waals surface area contributed by atoms with Gasteiger partial charge in [-0.25, -0.2) is 13.7 Å². The molecule has 0 aliphatic heterocycles. The van der Waals surface area contributed by atoms with Gasteiger partial charge in [0.25, 0.3) is 5.82 Å². The van der Waals surface area contributed by atoms with Gasteiger partial charge in [0.1, 0.15) is 19.8 Å². The van der Waals surface area contributed by atoms with E-state index in [4.69, 9.17) is 0 Å². The third-order valence-corrected chi connectivity index (χ3v) is 10.8. The maximum atomic E-state index is 2.50. The van der Waals surface area contributed by atoms with Crippen molar-refractivity contribution >= 4 is 32.6 Å². The van der Waals surface area contributed by atoms with Gasteiger partial charge in [-0.3, -0.25) is 0 Å². The summed E-state index contributed by atoms with van der Waals surface area (Å²) in [5.41, 5.74) is 12.4. The molecule has 0 aliphatic carbocycles. The van der Waals surface area contributed by atoms with Crippen LogP contribution in [0.1, 0.15) is 52.7 Å². The maximum absolute atomic E-state index is 2.50. The van der Waals surface area contributed by atoms with Gasteiger partial charge in [0.05, 0.1) is 12.6 Å². The van der Waals surface area contributed by atoms with Crippen LogP contribution >= 0.6 is 0 Å². The average molecular weight is 682 g/mol. The lowest BCUT2D eigenvalue weighted by Gasteiger charge is -2.19. The first-order valence-corrected chi connectivity index (χ1v) is 18.3. The SMILES string of the molecule is C[n+]1ccc(-c2ccc3c(c2)c2cc(-c4cc[n+](C)cc4)ccc2c2c3n(-c3ccc(C(C)(C)C)cc3)c(-c3ccc(C(C)(C)C)cc3)[n+]2C)cc1. The van der Waals surface area contributed by atoms with Gasteiger partial charge in [0.15, 0.2) is 35.8 Å². The smallest absolute Gasteiger partial charge is 0.225 e. The second kappa shape index (κ2) is 12.3. The Hall–Kier alpha value is -5.61. The molecule has 8 aromatic rings. The summed E-state index contributed by atoms with van der Waals surface area (Å²) in [6.45, 7) is 13.7. The lowest BCUT2D eigenvalue weighted by atomic mass is 9.86. The molecule has 5 aromatic carbocycles. The van der Waals surface area contributed by atoms with E-state index in [9.17, 15) is 0 Å². The summed E-state index contributed by atoms with van der Waals surface area (Å²) in [7, 11) is 6.37. The van der Waals surface area contributed by atoms with E-state index in [2.05, 4.69) is 215 Å². The average Bonchev–Trinajstić information content (AvgIpc) is 3.44. The van der Waals surface area contributed by atoms with Crippen molar-refractivity contribution in [3.05, 3.63) is 145 Å². The van der Waals surface area contributed by atoms with Gasteiger partial charge in [0.2, 0.25) is 0 Å². The number of imidazole rings is 1. The molecule has 0 unspecified atom stereocenters. The van der Waals surface area contributed by atoms with E-state index in [1.165, 1.54) is 71.5 Å². The number of hydrogen-bond acceptors (Lipinski definition) is 0. The molecule has 0 fully saturated rings. The standard InChI is InChI=1S/C48H49N4/c1-47(2,3)37-14-10-34(11-15-37)46-51(9)44-40-20-12-35(32-22-26-49(7)27-23-32)30-42(40)43-31-36(33-24-28-50(8)29-25-33)13-21-41(43)45(44)52(46)39-18-16-38(17-19-39)48(4,5)6/h10-31H,1-9H3/q+3. The van der Waals surface area contributed by atoms with Crippen LogP contribution in [0.5, 0.6) is 0 Å².